The van der Waals surface area contributed by atoms with E-state index in [2.05, 4.69) is 20.8 Å². The highest BCUT2D eigenvalue weighted by Gasteiger charge is 2.08. The lowest BCUT2D eigenvalue weighted by Gasteiger charge is -2.08. The maximum Gasteiger partial charge on any atom is 0.319 e. The second kappa shape index (κ2) is 7.77. The molecule has 122 valence electrons. The van der Waals surface area contributed by atoms with Crippen LogP contribution in [-0.2, 0) is 13.5 Å². The van der Waals surface area contributed by atoms with E-state index in [1.165, 1.54) is 18.7 Å². The predicted molar refractivity (Wildman–Crippen MR) is 90.0 cm³/mol. The van der Waals surface area contributed by atoms with Gasteiger partial charge < -0.3 is 15.2 Å². The minimum atomic E-state index is -0.321. The number of benzene rings is 1. The summed E-state index contributed by atoms with van der Waals surface area (Å²) in [6.45, 7) is 1.93. The summed E-state index contributed by atoms with van der Waals surface area (Å²) >= 11 is 1.52. The third-order valence-corrected chi connectivity index (χ3v) is 3.99. The number of Topliss-reactive ketones (excluding diaryl/α,β-unsaturated/α-hetero) is 1. The first kappa shape index (κ1) is 17.0. The average Bonchev–Trinajstić information content (AvgIpc) is 2.88. The number of urea groups is 1. The van der Waals surface area contributed by atoms with Gasteiger partial charge in [-0.3, -0.25) is 4.79 Å². The Balaban J connectivity index is 1.84. The van der Waals surface area contributed by atoms with E-state index < -0.39 is 0 Å². The fourth-order valence-electron chi connectivity index (χ4n) is 2.02. The second-order valence-corrected chi connectivity index (χ2v) is 5.70. The van der Waals surface area contributed by atoms with Crippen LogP contribution in [0.4, 0.5) is 10.5 Å². The summed E-state index contributed by atoms with van der Waals surface area (Å²) in [5.41, 5.74) is 1.14. The van der Waals surface area contributed by atoms with Crippen LogP contribution < -0.4 is 10.6 Å². The van der Waals surface area contributed by atoms with Crippen molar-refractivity contribution in [1.29, 1.82) is 0 Å². The van der Waals surface area contributed by atoms with Crippen LogP contribution in [0.5, 0.6) is 0 Å². The van der Waals surface area contributed by atoms with Gasteiger partial charge in [0.25, 0.3) is 0 Å². The molecule has 2 amide bonds. The Morgan fingerprint density at radius 3 is 2.74 bits per heavy atom. The zero-order chi connectivity index (χ0) is 16.8. The minimum Gasteiger partial charge on any atom is -0.337 e. The number of carbonyl (C=O) groups excluding carboxylic acids is 2. The number of amides is 2. The van der Waals surface area contributed by atoms with Crippen LogP contribution in [-0.4, -0.2) is 39.4 Å². The Kier molecular flexibility index (Phi) is 5.75. The number of aromatic nitrogens is 3. The lowest BCUT2D eigenvalue weighted by molar-refractivity contribution is 0.101. The van der Waals surface area contributed by atoms with Crippen LogP contribution in [0.2, 0.25) is 0 Å². The first-order valence-corrected chi connectivity index (χ1v) is 8.32. The van der Waals surface area contributed by atoms with E-state index in [-0.39, 0.29) is 11.8 Å². The van der Waals surface area contributed by atoms with Gasteiger partial charge in [-0.05, 0) is 25.3 Å². The van der Waals surface area contributed by atoms with Gasteiger partial charge in [0.1, 0.15) is 5.82 Å². The van der Waals surface area contributed by atoms with Crippen molar-refractivity contribution >= 4 is 29.3 Å². The van der Waals surface area contributed by atoms with E-state index in [1.807, 2.05) is 17.9 Å². The lowest BCUT2D eigenvalue weighted by atomic mass is 10.1. The van der Waals surface area contributed by atoms with Crippen LogP contribution in [0.3, 0.4) is 0 Å². The molecule has 2 N–H and O–H groups in total. The number of anilines is 1. The number of hydrogen-bond acceptors (Lipinski definition) is 5. The van der Waals surface area contributed by atoms with Crippen LogP contribution in [0.15, 0.2) is 29.4 Å². The molecule has 0 radical (unpaired) electrons. The Morgan fingerprint density at radius 2 is 2.09 bits per heavy atom. The van der Waals surface area contributed by atoms with Gasteiger partial charge in [0.05, 0.1) is 0 Å². The van der Waals surface area contributed by atoms with Crippen molar-refractivity contribution in [1.82, 2.24) is 20.1 Å². The van der Waals surface area contributed by atoms with E-state index in [0.717, 1.165) is 11.0 Å². The lowest BCUT2D eigenvalue weighted by Crippen LogP contribution is -2.30. The molecule has 2 aromatic rings. The van der Waals surface area contributed by atoms with Crippen molar-refractivity contribution in [3.05, 3.63) is 35.7 Å². The number of carbonyl (C=O) groups is 2. The largest absolute Gasteiger partial charge is 0.337 e. The fraction of sp³-hybridized carbons (Fsp3) is 0.333. The van der Waals surface area contributed by atoms with Crippen LogP contribution >= 0.6 is 11.8 Å². The molecule has 1 aromatic heterocycles. The molecule has 0 spiro atoms. The maximum atomic E-state index is 11.9. The molecule has 0 fully saturated rings. The summed E-state index contributed by atoms with van der Waals surface area (Å²) < 4.78 is 1.90. The SMILES string of the molecule is CSc1nnc(CCNC(=O)Nc2cccc(C(C)=O)c2)n1C. The third kappa shape index (κ3) is 4.56. The topological polar surface area (TPSA) is 88.9 Å². The van der Waals surface area contributed by atoms with E-state index in [0.29, 0.717) is 24.2 Å². The molecule has 0 atom stereocenters. The van der Waals surface area contributed by atoms with Crippen LogP contribution in [0, 0.1) is 0 Å². The summed E-state index contributed by atoms with van der Waals surface area (Å²) in [4.78, 5) is 23.2. The molecule has 0 aliphatic carbocycles. The Hall–Kier alpha value is -2.35. The van der Waals surface area contributed by atoms with Gasteiger partial charge in [-0.2, -0.15) is 0 Å². The summed E-state index contributed by atoms with van der Waals surface area (Å²) in [5, 5.41) is 14.4. The Bertz CT molecular complexity index is 714. The predicted octanol–water partition coefficient (Wildman–Crippen LogP) is 2.10. The molecule has 0 saturated heterocycles. The van der Waals surface area contributed by atoms with Gasteiger partial charge in [0.15, 0.2) is 10.9 Å². The van der Waals surface area contributed by atoms with Crippen molar-refractivity contribution in [3.63, 3.8) is 0 Å². The molecule has 1 heterocycles. The average molecular weight is 333 g/mol. The Morgan fingerprint density at radius 1 is 1.30 bits per heavy atom. The van der Waals surface area contributed by atoms with Crippen LogP contribution in [0.25, 0.3) is 0 Å². The smallest absolute Gasteiger partial charge is 0.319 e. The monoisotopic (exact) mass is 333 g/mol. The van der Waals surface area contributed by atoms with E-state index in [9.17, 15) is 9.59 Å². The number of thioether (sulfide) groups is 1. The van der Waals surface area contributed by atoms with Gasteiger partial charge >= 0.3 is 6.03 Å². The molecule has 23 heavy (non-hydrogen) atoms. The van der Waals surface area contributed by atoms with Crippen molar-refractivity contribution in [2.24, 2.45) is 7.05 Å². The van der Waals surface area contributed by atoms with Crippen LogP contribution in [0.1, 0.15) is 23.1 Å². The second-order valence-electron chi connectivity index (χ2n) is 4.93. The van der Waals surface area contributed by atoms with E-state index in [1.54, 1.807) is 24.3 Å². The number of hydrogen-bond donors (Lipinski definition) is 2. The number of nitrogens with one attached hydrogen (secondary N) is 2. The maximum absolute atomic E-state index is 11.9. The van der Waals surface area contributed by atoms with Gasteiger partial charge in [-0.15, -0.1) is 10.2 Å². The minimum absolute atomic E-state index is 0.0408. The standard InChI is InChI=1S/C15H19N5O2S/c1-10(21)11-5-4-6-12(9-11)17-14(22)16-8-7-13-18-19-15(23-3)20(13)2/h4-6,9H,7-8H2,1-3H3,(H2,16,17,22). The first-order valence-electron chi connectivity index (χ1n) is 7.09. The molecule has 0 bridgehead atoms. The summed E-state index contributed by atoms with van der Waals surface area (Å²) in [7, 11) is 1.90. The quantitative estimate of drug-likeness (QED) is 0.624. The van der Waals surface area contributed by atoms with Gasteiger partial charge in [-0.25, -0.2) is 4.79 Å². The molecule has 0 saturated carbocycles. The molecule has 0 aliphatic heterocycles. The van der Waals surface area contributed by atoms with Crippen molar-refractivity contribution < 1.29 is 9.59 Å². The molecule has 2 rings (SSSR count). The molecular formula is C15H19N5O2S. The van der Waals surface area contributed by atoms with Gasteiger partial charge in [-0.1, -0.05) is 23.9 Å². The number of nitrogens with zero attached hydrogens (tertiary/aromatic N) is 3. The highest BCUT2D eigenvalue weighted by molar-refractivity contribution is 7.98. The normalized spacial score (nSPS) is 10.4. The number of ketones is 1. The molecule has 0 aliphatic rings. The van der Waals surface area contributed by atoms with Crippen molar-refractivity contribution in [2.45, 2.75) is 18.5 Å². The first-order chi connectivity index (χ1) is 11.0. The molecular weight excluding hydrogens is 314 g/mol. The highest BCUT2D eigenvalue weighted by atomic mass is 32.2. The number of rotatable bonds is 6. The highest BCUT2D eigenvalue weighted by Crippen LogP contribution is 2.12. The molecule has 7 nitrogen and oxygen atoms in total. The molecule has 0 unspecified atom stereocenters. The zero-order valence-electron chi connectivity index (χ0n) is 13.3. The van der Waals surface area contributed by atoms with Gasteiger partial charge in [0, 0.05) is 31.3 Å². The summed E-state index contributed by atoms with van der Waals surface area (Å²) in [6, 6.07) is 6.51. The van der Waals surface area contributed by atoms with E-state index in [4.69, 9.17) is 0 Å². The van der Waals surface area contributed by atoms with Crippen molar-refractivity contribution in [3.8, 4) is 0 Å². The van der Waals surface area contributed by atoms with E-state index >= 15 is 0 Å². The third-order valence-electron chi connectivity index (χ3n) is 3.27. The molecule has 1 aromatic carbocycles. The fourth-order valence-corrected chi connectivity index (χ4v) is 2.52. The van der Waals surface area contributed by atoms with Gasteiger partial charge in [0.2, 0.25) is 0 Å². The zero-order valence-corrected chi connectivity index (χ0v) is 14.1. The summed E-state index contributed by atoms with van der Waals surface area (Å²) in [5.74, 6) is 0.772. The summed E-state index contributed by atoms with van der Waals surface area (Å²) in [6.07, 6.45) is 2.53. The van der Waals surface area contributed by atoms with Crippen molar-refractivity contribution in [2.75, 3.05) is 18.1 Å². The Labute approximate surface area is 138 Å². The molecule has 8 heteroatoms.